The summed E-state index contributed by atoms with van der Waals surface area (Å²) in [5.41, 5.74) is 2.27. The highest BCUT2D eigenvalue weighted by Gasteiger charge is 2.14. The topological polar surface area (TPSA) is 29.5 Å². The van der Waals surface area contributed by atoms with E-state index in [0.29, 0.717) is 6.61 Å². The van der Waals surface area contributed by atoms with Crippen molar-refractivity contribution in [1.82, 2.24) is 0 Å². The Kier molecular flexibility index (Phi) is 5.33. The number of rotatable bonds is 6. The maximum atomic E-state index is 9.21. The molecule has 1 N–H and O–H groups in total. The van der Waals surface area contributed by atoms with Gasteiger partial charge < -0.3 is 9.84 Å². The van der Waals surface area contributed by atoms with Crippen LogP contribution in [0.25, 0.3) is 0 Å². The summed E-state index contributed by atoms with van der Waals surface area (Å²) in [6.45, 7) is 6.82. The summed E-state index contributed by atoms with van der Waals surface area (Å²) in [5.74, 6) is 1.90. The summed E-state index contributed by atoms with van der Waals surface area (Å²) < 4.78 is 5.71. The van der Waals surface area contributed by atoms with E-state index in [1.165, 1.54) is 5.56 Å². The van der Waals surface area contributed by atoms with E-state index in [9.17, 15) is 5.11 Å². The molecule has 2 nitrogen and oxygen atoms in total. The Labute approximate surface area is 98.3 Å². The molecule has 2 heteroatoms. The maximum Gasteiger partial charge on any atom is 0.126 e. The average Bonchev–Trinajstić information content (AvgIpc) is 2.31. The van der Waals surface area contributed by atoms with E-state index < -0.39 is 0 Å². The number of benzene rings is 1. The largest absolute Gasteiger partial charge is 0.493 e. The molecule has 0 bridgehead atoms. The molecule has 16 heavy (non-hydrogen) atoms. The molecule has 0 aromatic heterocycles. The van der Waals surface area contributed by atoms with Crippen molar-refractivity contribution in [3.05, 3.63) is 35.2 Å². The fourth-order valence-electron chi connectivity index (χ4n) is 1.79. The second-order valence-electron chi connectivity index (χ2n) is 3.92. The first kappa shape index (κ1) is 13.0. The monoisotopic (exact) mass is 221 g/mol. The molecule has 0 fully saturated rings. The van der Waals surface area contributed by atoms with Gasteiger partial charge in [0, 0.05) is 11.5 Å². The van der Waals surface area contributed by atoms with Crippen molar-refractivity contribution in [2.24, 2.45) is 0 Å². The number of hydrogen-bond donors (Lipinski definition) is 1. The molecule has 0 heterocycles. The molecule has 0 amide bonds. The number of aryl methyl sites for hydroxylation is 1. The van der Waals surface area contributed by atoms with Crippen LogP contribution in [0.4, 0.5) is 0 Å². The van der Waals surface area contributed by atoms with Crippen LogP contribution in [-0.2, 0) is 6.42 Å². The number of para-hydroxylation sites is 1. The Morgan fingerprint density at radius 1 is 1.31 bits per heavy atom. The molecule has 0 unspecified atom stereocenters. The van der Waals surface area contributed by atoms with Crippen LogP contribution >= 0.6 is 0 Å². The first-order chi connectivity index (χ1) is 7.74. The maximum absolute atomic E-state index is 9.21. The zero-order chi connectivity index (χ0) is 12.0. The van der Waals surface area contributed by atoms with Crippen molar-refractivity contribution in [2.75, 3.05) is 13.2 Å². The van der Waals surface area contributed by atoms with Gasteiger partial charge in [-0.1, -0.05) is 38.5 Å². The Bertz CT molecular complexity index is 321. The molecule has 0 aliphatic rings. The highest BCUT2D eigenvalue weighted by Crippen LogP contribution is 2.30. The van der Waals surface area contributed by atoms with E-state index >= 15 is 0 Å². The fourth-order valence-corrected chi connectivity index (χ4v) is 1.79. The standard InChI is InChI=1S/C14H21O2/c1-4-7-12-8-6-9-13(11(3)10-15)14(12)16-5-2/h6,8-9,15H,4-5,7,10H2,1-3H3. The summed E-state index contributed by atoms with van der Waals surface area (Å²) in [6, 6.07) is 6.14. The van der Waals surface area contributed by atoms with Gasteiger partial charge in [0.15, 0.2) is 0 Å². The minimum atomic E-state index is 0.0790. The number of ether oxygens (including phenoxy) is 1. The van der Waals surface area contributed by atoms with Gasteiger partial charge in [-0.2, -0.15) is 0 Å². The molecule has 1 aromatic rings. The van der Waals surface area contributed by atoms with Gasteiger partial charge in [0.05, 0.1) is 13.2 Å². The smallest absolute Gasteiger partial charge is 0.126 e. The van der Waals surface area contributed by atoms with Crippen LogP contribution in [0, 0.1) is 5.92 Å². The van der Waals surface area contributed by atoms with Gasteiger partial charge in [-0.3, -0.25) is 0 Å². The van der Waals surface area contributed by atoms with Crippen molar-refractivity contribution < 1.29 is 9.84 Å². The molecule has 0 spiro atoms. The van der Waals surface area contributed by atoms with Crippen LogP contribution in [0.2, 0.25) is 0 Å². The molecule has 89 valence electrons. The predicted molar refractivity (Wildman–Crippen MR) is 66.7 cm³/mol. The van der Waals surface area contributed by atoms with Gasteiger partial charge >= 0.3 is 0 Å². The molecule has 0 saturated carbocycles. The Morgan fingerprint density at radius 3 is 2.62 bits per heavy atom. The van der Waals surface area contributed by atoms with Crippen LogP contribution in [0.15, 0.2) is 18.2 Å². The van der Waals surface area contributed by atoms with Gasteiger partial charge in [0.2, 0.25) is 0 Å². The predicted octanol–water partition coefficient (Wildman–Crippen LogP) is 2.97. The number of aliphatic hydroxyl groups excluding tert-OH is 1. The first-order valence-corrected chi connectivity index (χ1v) is 5.92. The molecule has 0 aliphatic carbocycles. The molecule has 1 rings (SSSR count). The summed E-state index contributed by atoms with van der Waals surface area (Å²) >= 11 is 0. The highest BCUT2D eigenvalue weighted by atomic mass is 16.5. The molecule has 0 atom stereocenters. The van der Waals surface area contributed by atoms with Crippen molar-refractivity contribution in [2.45, 2.75) is 33.6 Å². The van der Waals surface area contributed by atoms with Crippen molar-refractivity contribution in [1.29, 1.82) is 0 Å². The Balaban J connectivity index is 3.09. The van der Waals surface area contributed by atoms with Crippen LogP contribution < -0.4 is 4.74 Å². The zero-order valence-electron chi connectivity index (χ0n) is 10.4. The minimum Gasteiger partial charge on any atom is -0.493 e. The van der Waals surface area contributed by atoms with E-state index in [0.717, 1.165) is 30.1 Å². The first-order valence-electron chi connectivity index (χ1n) is 5.92. The van der Waals surface area contributed by atoms with E-state index in [4.69, 9.17) is 4.74 Å². The quantitative estimate of drug-likeness (QED) is 0.800. The average molecular weight is 221 g/mol. The minimum absolute atomic E-state index is 0.0790. The normalized spacial score (nSPS) is 10.8. The van der Waals surface area contributed by atoms with Crippen molar-refractivity contribution in [3.63, 3.8) is 0 Å². The van der Waals surface area contributed by atoms with Gasteiger partial charge in [0.1, 0.15) is 5.75 Å². The molecular weight excluding hydrogens is 200 g/mol. The second kappa shape index (κ2) is 6.54. The number of hydrogen-bond acceptors (Lipinski definition) is 2. The molecule has 0 saturated heterocycles. The van der Waals surface area contributed by atoms with Crippen LogP contribution in [0.1, 0.15) is 38.3 Å². The van der Waals surface area contributed by atoms with E-state index in [-0.39, 0.29) is 6.61 Å². The Morgan fingerprint density at radius 2 is 2.06 bits per heavy atom. The third-order valence-corrected chi connectivity index (χ3v) is 2.60. The van der Waals surface area contributed by atoms with Gasteiger partial charge in [-0.15, -0.1) is 0 Å². The molecular formula is C14H21O2. The summed E-state index contributed by atoms with van der Waals surface area (Å²) in [4.78, 5) is 0. The lowest BCUT2D eigenvalue weighted by Crippen LogP contribution is -2.06. The Hall–Kier alpha value is -1.02. The number of aliphatic hydroxyl groups is 1. The molecule has 1 aromatic carbocycles. The molecule has 1 radical (unpaired) electrons. The molecule has 0 aliphatic heterocycles. The SMILES string of the molecule is CCCc1cccc([C](C)CO)c1OCC. The van der Waals surface area contributed by atoms with Gasteiger partial charge in [-0.05, 0) is 18.9 Å². The second-order valence-corrected chi connectivity index (χ2v) is 3.92. The summed E-state index contributed by atoms with van der Waals surface area (Å²) in [6.07, 6.45) is 2.11. The summed E-state index contributed by atoms with van der Waals surface area (Å²) in [5, 5.41) is 9.21. The van der Waals surface area contributed by atoms with Crippen LogP contribution in [-0.4, -0.2) is 18.3 Å². The lowest BCUT2D eigenvalue weighted by molar-refractivity contribution is 0.306. The van der Waals surface area contributed by atoms with Crippen molar-refractivity contribution in [3.8, 4) is 5.75 Å². The highest BCUT2D eigenvalue weighted by molar-refractivity contribution is 5.48. The van der Waals surface area contributed by atoms with Gasteiger partial charge in [-0.25, -0.2) is 0 Å². The zero-order valence-corrected chi connectivity index (χ0v) is 10.4. The fraction of sp³-hybridized carbons (Fsp3) is 0.500. The third kappa shape index (κ3) is 2.99. The van der Waals surface area contributed by atoms with E-state index in [2.05, 4.69) is 13.0 Å². The summed E-state index contributed by atoms with van der Waals surface area (Å²) in [7, 11) is 0. The lowest BCUT2D eigenvalue weighted by atomic mass is 9.96. The van der Waals surface area contributed by atoms with Crippen molar-refractivity contribution >= 4 is 0 Å². The van der Waals surface area contributed by atoms with E-state index in [1.807, 2.05) is 26.0 Å². The van der Waals surface area contributed by atoms with Crippen LogP contribution in [0.5, 0.6) is 5.75 Å². The third-order valence-electron chi connectivity index (χ3n) is 2.60. The lowest BCUT2D eigenvalue weighted by Gasteiger charge is -2.17. The van der Waals surface area contributed by atoms with Gasteiger partial charge in [0.25, 0.3) is 0 Å². The van der Waals surface area contributed by atoms with Crippen LogP contribution in [0.3, 0.4) is 0 Å². The van der Waals surface area contributed by atoms with E-state index in [1.54, 1.807) is 0 Å².